The van der Waals surface area contributed by atoms with Crippen LogP contribution in [0.1, 0.15) is 24.2 Å². The van der Waals surface area contributed by atoms with E-state index in [4.69, 9.17) is 9.47 Å². The lowest BCUT2D eigenvalue weighted by Gasteiger charge is -2.34. The normalized spacial score (nSPS) is 18.2. The highest BCUT2D eigenvalue weighted by atomic mass is 16.6. The number of nitrogens with zero attached hydrogens (tertiary/aromatic N) is 3. The molecule has 2 aromatic rings. The molecule has 0 aliphatic carbocycles. The monoisotopic (exact) mass is 396 g/mol. The molecule has 7 nitrogen and oxygen atoms in total. The summed E-state index contributed by atoms with van der Waals surface area (Å²) in [6.07, 6.45) is 1.83. The van der Waals surface area contributed by atoms with Crippen molar-refractivity contribution in [3.63, 3.8) is 0 Å². The molecule has 1 amide bonds. The molecule has 2 aliphatic rings. The second-order valence-electron chi connectivity index (χ2n) is 7.57. The van der Waals surface area contributed by atoms with Crippen LogP contribution in [0, 0.1) is 0 Å². The van der Waals surface area contributed by atoms with E-state index in [0.717, 1.165) is 55.5 Å². The van der Waals surface area contributed by atoms with Gasteiger partial charge in [-0.3, -0.25) is 19.6 Å². The molecule has 1 aromatic heterocycles. The lowest BCUT2D eigenvalue weighted by atomic mass is 10.1. The third kappa shape index (κ3) is 5.25. The Bertz CT molecular complexity index is 822. The largest absolute Gasteiger partial charge is 0.486 e. The van der Waals surface area contributed by atoms with E-state index in [-0.39, 0.29) is 11.9 Å². The lowest BCUT2D eigenvalue weighted by molar-refractivity contribution is -0.123. The van der Waals surface area contributed by atoms with Gasteiger partial charge in [0.05, 0.1) is 18.3 Å². The van der Waals surface area contributed by atoms with Crippen LogP contribution in [0.3, 0.4) is 0 Å². The first-order chi connectivity index (χ1) is 14.2. The second kappa shape index (κ2) is 9.24. The summed E-state index contributed by atoms with van der Waals surface area (Å²) in [5, 5.41) is 3.10. The SMILES string of the molecule is C[C@H](NC(=O)CN1CCN(Cc2ccccn2)CC1)c1ccc2c(c1)OCCO2. The van der Waals surface area contributed by atoms with Crippen molar-refractivity contribution in [3.8, 4) is 11.5 Å². The minimum atomic E-state index is -0.0798. The van der Waals surface area contributed by atoms with Gasteiger partial charge in [0, 0.05) is 38.9 Å². The number of ether oxygens (including phenoxy) is 2. The Morgan fingerprint density at radius 1 is 1.07 bits per heavy atom. The number of pyridine rings is 1. The third-order valence-electron chi connectivity index (χ3n) is 5.39. The Labute approximate surface area is 171 Å². The third-order valence-corrected chi connectivity index (χ3v) is 5.39. The molecule has 1 aromatic carbocycles. The number of hydrogen-bond acceptors (Lipinski definition) is 6. The van der Waals surface area contributed by atoms with Gasteiger partial charge < -0.3 is 14.8 Å². The van der Waals surface area contributed by atoms with E-state index in [2.05, 4.69) is 26.2 Å². The summed E-state index contributed by atoms with van der Waals surface area (Å²) < 4.78 is 11.2. The quantitative estimate of drug-likeness (QED) is 0.804. The Balaban J connectivity index is 1.23. The van der Waals surface area contributed by atoms with Gasteiger partial charge in [0.2, 0.25) is 5.91 Å². The van der Waals surface area contributed by atoms with E-state index in [1.807, 2.05) is 43.5 Å². The Kier molecular flexibility index (Phi) is 6.27. The van der Waals surface area contributed by atoms with Gasteiger partial charge in [-0.2, -0.15) is 0 Å². The Hall–Kier alpha value is -2.64. The highest BCUT2D eigenvalue weighted by Crippen LogP contribution is 2.32. The van der Waals surface area contributed by atoms with Gasteiger partial charge in [-0.05, 0) is 36.8 Å². The van der Waals surface area contributed by atoms with Crippen molar-refractivity contribution in [2.24, 2.45) is 0 Å². The summed E-state index contributed by atoms with van der Waals surface area (Å²) >= 11 is 0. The summed E-state index contributed by atoms with van der Waals surface area (Å²) in [4.78, 5) is 21.5. The molecule has 1 N–H and O–H groups in total. The summed E-state index contributed by atoms with van der Waals surface area (Å²) in [5.74, 6) is 1.56. The minimum Gasteiger partial charge on any atom is -0.486 e. The Morgan fingerprint density at radius 2 is 1.83 bits per heavy atom. The summed E-state index contributed by atoms with van der Waals surface area (Å²) in [7, 11) is 0. The van der Waals surface area contributed by atoms with Gasteiger partial charge in [-0.15, -0.1) is 0 Å². The summed E-state index contributed by atoms with van der Waals surface area (Å²) in [6.45, 7) is 8.08. The predicted octanol–water partition coefficient (Wildman–Crippen LogP) is 1.85. The smallest absolute Gasteiger partial charge is 0.234 e. The fourth-order valence-electron chi connectivity index (χ4n) is 3.73. The number of fused-ring (bicyclic) bond motifs is 1. The van der Waals surface area contributed by atoms with Crippen LogP contribution in [0.4, 0.5) is 0 Å². The fraction of sp³-hybridized carbons (Fsp3) is 0.455. The summed E-state index contributed by atoms with van der Waals surface area (Å²) in [6, 6.07) is 11.8. The Morgan fingerprint density at radius 3 is 2.59 bits per heavy atom. The van der Waals surface area contributed by atoms with E-state index >= 15 is 0 Å². The molecule has 0 radical (unpaired) electrons. The molecule has 7 heteroatoms. The molecule has 1 saturated heterocycles. The molecule has 4 rings (SSSR count). The molecular weight excluding hydrogens is 368 g/mol. The molecule has 2 aliphatic heterocycles. The number of rotatable bonds is 6. The number of aromatic nitrogens is 1. The zero-order valence-corrected chi connectivity index (χ0v) is 16.8. The number of hydrogen-bond donors (Lipinski definition) is 1. The zero-order valence-electron chi connectivity index (χ0n) is 16.8. The second-order valence-corrected chi connectivity index (χ2v) is 7.57. The number of amides is 1. The first-order valence-electron chi connectivity index (χ1n) is 10.2. The fourth-order valence-corrected chi connectivity index (χ4v) is 3.73. The van der Waals surface area contributed by atoms with Gasteiger partial charge >= 0.3 is 0 Å². The molecule has 0 spiro atoms. The topological polar surface area (TPSA) is 66.9 Å². The van der Waals surface area contributed by atoms with Crippen molar-refractivity contribution in [1.82, 2.24) is 20.1 Å². The van der Waals surface area contributed by atoms with Crippen LogP contribution in [0.25, 0.3) is 0 Å². The van der Waals surface area contributed by atoms with Gasteiger partial charge in [0.25, 0.3) is 0 Å². The van der Waals surface area contributed by atoms with Crippen LogP contribution in [-0.2, 0) is 11.3 Å². The zero-order chi connectivity index (χ0) is 20.1. The first kappa shape index (κ1) is 19.7. The standard InChI is InChI=1S/C22H28N4O3/c1-17(18-5-6-20-21(14-18)29-13-12-28-20)24-22(27)16-26-10-8-25(9-11-26)15-19-4-2-3-7-23-19/h2-7,14,17H,8-13,15-16H2,1H3,(H,24,27)/t17-/m0/s1. The average Bonchev–Trinajstić information content (AvgIpc) is 2.75. The highest BCUT2D eigenvalue weighted by Gasteiger charge is 2.21. The number of carbonyl (C=O) groups is 1. The van der Waals surface area contributed by atoms with Crippen LogP contribution < -0.4 is 14.8 Å². The predicted molar refractivity (Wildman–Crippen MR) is 110 cm³/mol. The number of benzene rings is 1. The maximum absolute atomic E-state index is 12.5. The van der Waals surface area contributed by atoms with Crippen LogP contribution >= 0.6 is 0 Å². The average molecular weight is 396 g/mol. The van der Waals surface area contributed by atoms with Crippen molar-refractivity contribution >= 4 is 5.91 Å². The number of piperazine rings is 1. The molecule has 1 atom stereocenters. The number of nitrogens with one attached hydrogen (secondary N) is 1. The molecule has 154 valence electrons. The highest BCUT2D eigenvalue weighted by molar-refractivity contribution is 5.78. The van der Waals surface area contributed by atoms with Crippen LogP contribution in [-0.4, -0.2) is 66.6 Å². The molecule has 29 heavy (non-hydrogen) atoms. The van der Waals surface area contributed by atoms with E-state index in [9.17, 15) is 4.79 Å². The molecular formula is C22H28N4O3. The van der Waals surface area contributed by atoms with Crippen molar-refractivity contribution in [3.05, 3.63) is 53.9 Å². The van der Waals surface area contributed by atoms with Gasteiger partial charge in [-0.25, -0.2) is 0 Å². The van der Waals surface area contributed by atoms with Crippen LogP contribution in [0.2, 0.25) is 0 Å². The summed E-state index contributed by atoms with van der Waals surface area (Å²) in [5.41, 5.74) is 2.11. The lowest BCUT2D eigenvalue weighted by Crippen LogP contribution is -2.49. The van der Waals surface area contributed by atoms with E-state index in [1.54, 1.807) is 0 Å². The van der Waals surface area contributed by atoms with E-state index in [1.165, 1.54) is 0 Å². The molecule has 0 saturated carbocycles. The van der Waals surface area contributed by atoms with Crippen LogP contribution in [0.5, 0.6) is 11.5 Å². The maximum Gasteiger partial charge on any atom is 0.234 e. The minimum absolute atomic E-state index is 0.0468. The van der Waals surface area contributed by atoms with Crippen molar-refractivity contribution in [2.75, 3.05) is 45.9 Å². The van der Waals surface area contributed by atoms with E-state index in [0.29, 0.717) is 19.8 Å². The number of carbonyl (C=O) groups excluding carboxylic acids is 1. The van der Waals surface area contributed by atoms with Crippen molar-refractivity contribution in [2.45, 2.75) is 19.5 Å². The maximum atomic E-state index is 12.5. The van der Waals surface area contributed by atoms with Gasteiger partial charge in [0.1, 0.15) is 13.2 Å². The van der Waals surface area contributed by atoms with Crippen molar-refractivity contribution < 1.29 is 14.3 Å². The first-order valence-corrected chi connectivity index (χ1v) is 10.2. The van der Waals surface area contributed by atoms with E-state index < -0.39 is 0 Å². The molecule has 3 heterocycles. The van der Waals surface area contributed by atoms with Gasteiger partial charge in [-0.1, -0.05) is 12.1 Å². The molecule has 0 unspecified atom stereocenters. The molecule has 1 fully saturated rings. The molecule has 0 bridgehead atoms. The van der Waals surface area contributed by atoms with Crippen LogP contribution in [0.15, 0.2) is 42.6 Å². The van der Waals surface area contributed by atoms with Gasteiger partial charge in [0.15, 0.2) is 11.5 Å². The van der Waals surface area contributed by atoms with Crippen molar-refractivity contribution in [1.29, 1.82) is 0 Å².